The molecule has 0 saturated carbocycles. The van der Waals surface area contributed by atoms with Gasteiger partial charge in [-0.1, -0.05) is 18.2 Å². The normalized spacial score (nSPS) is 11.4. The summed E-state index contributed by atoms with van der Waals surface area (Å²) in [6.07, 6.45) is 2.98. The van der Waals surface area contributed by atoms with Gasteiger partial charge in [0.2, 0.25) is 5.91 Å². The second kappa shape index (κ2) is 6.18. The molecule has 1 N–H and O–H groups in total. The molecule has 4 nitrogen and oxygen atoms in total. The molecule has 0 atom stereocenters. The first-order chi connectivity index (χ1) is 8.78. The minimum Gasteiger partial charge on any atom is -0.457 e. The van der Waals surface area contributed by atoms with Crippen molar-refractivity contribution in [1.82, 2.24) is 0 Å². The Kier molecular flexibility index (Phi) is 4.87. The fourth-order valence-corrected chi connectivity index (χ4v) is 1.44. The fourth-order valence-electron chi connectivity index (χ4n) is 1.44. The van der Waals surface area contributed by atoms with Gasteiger partial charge < -0.3 is 10.1 Å². The summed E-state index contributed by atoms with van der Waals surface area (Å²) in [5, 5.41) is 2.70. The summed E-state index contributed by atoms with van der Waals surface area (Å²) in [5.74, 6) is -0.566. The summed E-state index contributed by atoms with van der Waals surface area (Å²) >= 11 is 0. The van der Waals surface area contributed by atoms with E-state index in [0.717, 1.165) is 5.56 Å². The Morgan fingerprint density at radius 3 is 2.42 bits per heavy atom. The predicted molar refractivity (Wildman–Crippen MR) is 75.6 cm³/mol. The Morgan fingerprint density at radius 2 is 1.84 bits per heavy atom. The van der Waals surface area contributed by atoms with Crippen molar-refractivity contribution in [2.45, 2.75) is 33.3 Å². The van der Waals surface area contributed by atoms with Crippen molar-refractivity contribution in [3.8, 4) is 0 Å². The number of ether oxygens (including phenoxy) is 1. The monoisotopic (exact) mass is 261 g/mol. The maximum atomic E-state index is 11.6. The molecule has 1 aromatic rings. The van der Waals surface area contributed by atoms with E-state index in [-0.39, 0.29) is 5.91 Å². The number of anilines is 1. The van der Waals surface area contributed by atoms with Gasteiger partial charge in [-0.25, -0.2) is 4.79 Å². The average Bonchev–Trinajstić information content (AvgIpc) is 2.24. The van der Waals surface area contributed by atoms with Crippen LogP contribution in [0.1, 0.15) is 33.3 Å². The highest BCUT2D eigenvalue weighted by molar-refractivity contribution is 5.93. The van der Waals surface area contributed by atoms with Crippen LogP contribution in [0.4, 0.5) is 5.69 Å². The lowest BCUT2D eigenvalue weighted by Crippen LogP contribution is -2.22. The first-order valence-electron chi connectivity index (χ1n) is 6.05. The molecule has 0 aromatic heterocycles. The zero-order chi connectivity index (χ0) is 14.5. The van der Waals surface area contributed by atoms with Crippen molar-refractivity contribution >= 4 is 23.6 Å². The number of esters is 1. The lowest BCUT2D eigenvalue weighted by Gasteiger charge is -2.18. The highest BCUT2D eigenvalue weighted by Crippen LogP contribution is 2.17. The predicted octanol–water partition coefficient (Wildman–Crippen LogP) is 3.00. The van der Waals surface area contributed by atoms with Crippen molar-refractivity contribution in [2.24, 2.45) is 0 Å². The zero-order valence-corrected chi connectivity index (χ0v) is 11.7. The lowest BCUT2D eigenvalue weighted by molar-refractivity contribution is -0.148. The summed E-state index contributed by atoms with van der Waals surface area (Å²) in [7, 11) is 0. The van der Waals surface area contributed by atoms with Gasteiger partial charge in [-0.3, -0.25) is 4.79 Å². The number of carbonyl (C=O) groups excluding carboxylic acids is 2. The van der Waals surface area contributed by atoms with Crippen LogP contribution in [-0.2, 0) is 14.3 Å². The second-order valence-corrected chi connectivity index (χ2v) is 5.14. The molecule has 19 heavy (non-hydrogen) atoms. The summed E-state index contributed by atoms with van der Waals surface area (Å²) in [4.78, 5) is 22.6. The molecule has 0 spiro atoms. The maximum absolute atomic E-state index is 11.6. The van der Waals surface area contributed by atoms with Crippen LogP contribution < -0.4 is 5.32 Å². The minimum atomic E-state index is -0.515. The molecular formula is C15H19NO3. The Labute approximate surface area is 113 Å². The van der Waals surface area contributed by atoms with Crippen LogP contribution >= 0.6 is 0 Å². The minimum absolute atomic E-state index is 0.155. The Morgan fingerprint density at radius 1 is 1.21 bits per heavy atom. The molecule has 0 heterocycles. The van der Waals surface area contributed by atoms with Crippen LogP contribution in [0.25, 0.3) is 6.08 Å². The molecule has 1 amide bonds. The van der Waals surface area contributed by atoms with Gasteiger partial charge in [-0.2, -0.15) is 0 Å². The Hall–Kier alpha value is -2.10. The average molecular weight is 261 g/mol. The van der Waals surface area contributed by atoms with Gasteiger partial charge in [-0.15, -0.1) is 0 Å². The molecule has 0 fully saturated rings. The van der Waals surface area contributed by atoms with Crippen LogP contribution in [0, 0.1) is 0 Å². The second-order valence-electron chi connectivity index (χ2n) is 5.14. The molecule has 0 saturated heterocycles. The van der Waals surface area contributed by atoms with Crippen molar-refractivity contribution in [2.75, 3.05) is 5.32 Å². The quantitative estimate of drug-likeness (QED) is 0.672. The first-order valence-corrected chi connectivity index (χ1v) is 6.05. The van der Waals surface area contributed by atoms with Crippen LogP contribution in [0.15, 0.2) is 30.3 Å². The van der Waals surface area contributed by atoms with E-state index in [4.69, 9.17) is 4.74 Å². The molecule has 0 aliphatic rings. The number of hydrogen-bond donors (Lipinski definition) is 1. The molecule has 1 aromatic carbocycles. The topological polar surface area (TPSA) is 55.4 Å². The van der Waals surface area contributed by atoms with E-state index in [2.05, 4.69) is 5.32 Å². The maximum Gasteiger partial charge on any atom is 0.331 e. The van der Waals surface area contributed by atoms with E-state index < -0.39 is 11.6 Å². The number of nitrogens with one attached hydrogen (secondary N) is 1. The highest BCUT2D eigenvalue weighted by Gasteiger charge is 2.13. The molecule has 0 radical (unpaired) electrons. The zero-order valence-electron chi connectivity index (χ0n) is 11.7. The third-order valence-electron chi connectivity index (χ3n) is 2.08. The molecular weight excluding hydrogens is 242 g/mol. The number of carbonyl (C=O) groups is 2. The third-order valence-corrected chi connectivity index (χ3v) is 2.08. The Bertz CT molecular complexity index is 498. The van der Waals surface area contributed by atoms with Crippen molar-refractivity contribution in [3.63, 3.8) is 0 Å². The van der Waals surface area contributed by atoms with E-state index in [0.29, 0.717) is 5.69 Å². The van der Waals surface area contributed by atoms with Gasteiger partial charge in [0, 0.05) is 18.7 Å². The van der Waals surface area contributed by atoms with Gasteiger partial charge >= 0.3 is 5.97 Å². The molecule has 1 rings (SSSR count). The smallest absolute Gasteiger partial charge is 0.331 e. The van der Waals surface area contributed by atoms with Gasteiger partial charge in [-0.05, 0) is 38.5 Å². The van der Waals surface area contributed by atoms with E-state index in [1.165, 1.54) is 13.0 Å². The summed E-state index contributed by atoms with van der Waals surface area (Å²) < 4.78 is 5.17. The summed E-state index contributed by atoms with van der Waals surface area (Å²) in [6, 6.07) is 7.23. The van der Waals surface area contributed by atoms with Crippen molar-refractivity contribution in [1.29, 1.82) is 0 Å². The van der Waals surface area contributed by atoms with Gasteiger partial charge in [0.05, 0.1) is 0 Å². The fraction of sp³-hybridized carbons (Fsp3) is 0.333. The van der Waals surface area contributed by atoms with E-state index in [9.17, 15) is 9.59 Å². The summed E-state index contributed by atoms with van der Waals surface area (Å²) in [5.41, 5.74) is 0.900. The molecule has 0 aliphatic heterocycles. The van der Waals surface area contributed by atoms with Crippen molar-refractivity contribution in [3.05, 3.63) is 35.9 Å². The number of para-hydroxylation sites is 1. The molecule has 4 heteroatoms. The van der Waals surface area contributed by atoms with Crippen LogP contribution in [0.2, 0.25) is 0 Å². The van der Waals surface area contributed by atoms with E-state index in [1.807, 2.05) is 39.0 Å². The number of amides is 1. The van der Waals surface area contributed by atoms with Crippen LogP contribution in [0.3, 0.4) is 0 Å². The largest absolute Gasteiger partial charge is 0.457 e. The molecule has 0 bridgehead atoms. The lowest BCUT2D eigenvalue weighted by atomic mass is 10.1. The SMILES string of the molecule is CC(=O)Nc1ccccc1/C=C/C(=O)OC(C)(C)C. The Balaban J connectivity index is 2.81. The first kappa shape index (κ1) is 15.0. The van der Waals surface area contributed by atoms with Crippen LogP contribution in [0.5, 0.6) is 0 Å². The number of benzene rings is 1. The summed E-state index contributed by atoms with van der Waals surface area (Å²) in [6.45, 7) is 6.87. The van der Waals surface area contributed by atoms with Crippen LogP contribution in [-0.4, -0.2) is 17.5 Å². The molecule has 0 aliphatic carbocycles. The van der Waals surface area contributed by atoms with E-state index in [1.54, 1.807) is 12.1 Å². The van der Waals surface area contributed by atoms with E-state index >= 15 is 0 Å². The van der Waals surface area contributed by atoms with Gasteiger partial charge in [0.15, 0.2) is 0 Å². The van der Waals surface area contributed by atoms with Gasteiger partial charge in [0.25, 0.3) is 0 Å². The molecule has 0 unspecified atom stereocenters. The van der Waals surface area contributed by atoms with Gasteiger partial charge in [0.1, 0.15) is 5.60 Å². The highest BCUT2D eigenvalue weighted by atomic mass is 16.6. The van der Waals surface area contributed by atoms with Crippen molar-refractivity contribution < 1.29 is 14.3 Å². The molecule has 102 valence electrons. The third kappa shape index (κ3) is 5.86. The number of rotatable bonds is 3. The number of hydrogen-bond acceptors (Lipinski definition) is 3. The standard InChI is InChI=1S/C15H19NO3/c1-11(17)16-13-8-6-5-7-12(13)9-10-14(18)19-15(2,3)4/h5-10H,1-4H3,(H,16,17)/b10-9+.